The van der Waals surface area contributed by atoms with Crippen LogP contribution in [0.4, 0.5) is 5.69 Å². The van der Waals surface area contributed by atoms with Crippen LogP contribution in [0, 0.1) is 5.92 Å². The lowest BCUT2D eigenvalue weighted by molar-refractivity contribution is -0.140. The average molecular weight is 197 g/mol. The molecule has 4 heteroatoms. The molecule has 0 amide bonds. The molecule has 0 saturated heterocycles. The summed E-state index contributed by atoms with van der Waals surface area (Å²) in [4.78, 5) is 9.70. The van der Waals surface area contributed by atoms with Crippen molar-refractivity contribution in [3.05, 3.63) is 24.3 Å². The van der Waals surface area contributed by atoms with Gasteiger partial charge in [0.2, 0.25) is 0 Å². The standard InChI is InChI=1S/C6H7NO.C4H8O2/c7-5-2-1-3-6(8)4-5;1-3(2)4(5)6/h1-4,8H,7H2;3H,1-2H3,(H,5,6). The van der Waals surface area contributed by atoms with Crippen molar-refractivity contribution in [1.82, 2.24) is 0 Å². The second-order valence-corrected chi connectivity index (χ2v) is 3.09. The Morgan fingerprint density at radius 1 is 1.43 bits per heavy atom. The maximum atomic E-state index is 9.70. The summed E-state index contributed by atoms with van der Waals surface area (Å²) >= 11 is 0. The molecule has 0 aliphatic rings. The smallest absolute Gasteiger partial charge is 0.305 e. The molecule has 4 nitrogen and oxygen atoms in total. The Bertz CT molecular complexity index is 280. The molecule has 0 spiro atoms. The normalized spacial score (nSPS) is 9.07. The number of benzene rings is 1. The van der Waals surface area contributed by atoms with Crippen LogP contribution in [-0.2, 0) is 4.79 Å². The van der Waals surface area contributed by atoms with Gasteiger partial charge in [-0.3, -0.25) is 4.79 Å². The number of anilines is 1. The summed E-state index contributed by atoms with van der Waals surface area (Å²) in [5.74, 6) is -0.759. The minimum absolute atomic E-state index is 0.213. The number of hydrogen-bond donors (Lipinski definition) is 3. The number of nitrogen functional groups attached to an aromatic ring is 1. The summed E-state index contributed by atoms with van der Waals surface area (Å²) in [7, 11) is 0. The molecule has 78 valence electrons. The van der Waals surface area contributed by atoms with Crippen molar-refractivity contribution < 1.29 is 15.0 Å². The number of phenolic OH excluding ortho intramolecular Hbond substituents is 1. The molecular weight excluding hydrogens is 182 g/mol. The van der Waals surface area contributed by atoms with E-state index in [-0.39, 0.29) is 11.7 Å². The van der Waals surface area contributed by atoms with Crippen LogP contribution in [0.3, 0.4) is 0 Å². The molecule has 0 fully saturated rings. The number of carboxylic acids is 1. The average Bonchev–Trinajstić information content (AvgIpc) is 2.04. The number of hydrogen-bond acceptors (Lipinski definition) is 3. The van der Waals surface area contributed by atoms with E-state index in [1.165, 1.54) is 6.07 Å². The van der Waals surface area contributed by atoms with Gasteiger partial charge in [0.1, 0.15) is 5.75 Å². The van der Waals surface area contributed by atoms with Crippen molar-refractivity contribution in [2.75, 3.05) is 5.73 Å². The van der Waals surface area contributed by atoms with E-state index in [9.17, 15) is 4.79 Å². The monoisotopic (exact) mass is 197 g/mol. The summed E-state index contributed by atoms with van der Waals surface area (Å²) in [5.41, 5.74) is 5.89. The largest absolute Gasteiger partial charge is 0.508 e. The third kappa shape index (κ3) is 5.88. The molecule has 0 saturated carbocycles. The van der Waals surface area contributed by atoms with Crippen LogP contribution in [0.5, 0.6) is 5.75 Å². The van der Waals surface area contributed by atoms with Gasteiger partial charge in [0.05, 0.1) is 5.92 Å². The molecule has 1 rings (SSSR count). The Hall–Kier alpha value is -1.71. The van der Waals surface area contributed by atoms with Gasteiger partial charge in [-0.2, -0.15) is 0 Å². The van der Waals surface area contributed by atoms with Gasteiger partial charge in [0, 0.05) is 11.8 Å². The van der Waals surface area contributed by atoms with Gasteiger partial charge in [-0.05, 0) is 12.1 Å². The van der Waals surface area contributed by atoms with Crippen LogP contribution in [0.25, 0.3) is 0 Å². The number of carbonyl (C=O) groups is 1. The quantitative estimate of drug-likeness (QED) is 0.598. The molecule has 0 heterocycles. The van der Waals surface area contributed by atoms with E-state index in [2.05, 4.69) is 0 Å². The third-order valence-electron chi connectivity index (χ3n) is 1.36. The van der Waals surface area contributed by atoms with Crippen LogP contribution < -0.4 is 5.73 Å². The number of aliphatic carboxylic acids is 1. The lowest BCUT2D eigenvalue weighted by Crippen LogP contribution is -2.03. The fourth-order valence-corrected chi connectivity index (χ4v) is 0.525. The molecule has 1 aromatic carbocycles. The lowest BCUT2D eigenvalue weighted by Gasteiger charge is -1.90. The first kappa shape index (κ1) is 12.3. The third-order valence-corrected chi connectivity index (χ3v) is 1.36. The van der Waals surface area contributed by atoms with E-state index in [4.69, 9.17) is 15.9 Å². The highest BCUT2D eigenvalue weighted by molar-refractivity contribution is 5.68. The predicted octanol–water partition coefficient (Wildman–Crippen LogP) is 1.70. The summed E-state index contributed by atoms with van der Waals surface area (Å²) in [6.45, 7) is 3.28. The summed E-state index contributed by atoms with van der Waals surface area (Å²) in [6, 6.07) is 6.50. The Labute approximate surface area is 83.0 Å². The molecular formula is C10H15NO3. The fraction of sp³-hybridized carbons (Fsp3) is 0.300. The predicted molar refractivity (Wildman–Crippen MR) is 55.0 cm³/mol. The molecule has 14 heavy (non-hydrogen) atoms. The topological polar surface area (TPSA) is 83.5 Å². The van der Waals surface area contributed by atoms with Gasteiger partial charge in [0.25, 0.3) is 0 Å². The molecule has 0 unspecified atom stereocenters. The molecule has 0 aromatic heterocycles. The Balaban J connectivity index is 0.000000255. The summed E-state index contributed by atoms with van der Waals surface area (Å²) < 4.78 is 0. The van der Waals surface area contributed by atoms with Crippen LogP contribution in [0.1, 0.15) is 13.8 Å². The second-order valence-electron chi connectivity index (χ2n) is 3.09. The van der Waals surface area contributed by atoms with Gasteiger partial charge < -0.3 is 15.9 Å². The molecule has 0 bridgehead atoms. The molecule has 0 aliphatic heterocycles. The minimum atomic E-state index is -0.741. The maximum absolute atomic E-state index is 9.70. The van der Waals surface area contributed by atoms with Crippen molar-refractivity contribution in [2.45, 2.75) is 13.8 Å². The highest BCUT2D eigenvalue weighted by Crippen LogP contribution is 2.10. The second kappa shape index (κ2) is 5.85. The number of aromatic hydroxyl groups is 1. The first-order chi connectivity index (χ1) is 6.43. The number of rotatable bonds is 1. The van der Waals surface area contributed by atoms with Gasteiger partial charge >= 0.3 is 5.97 Å². The van der Waals surface area contributed by atoms with Crippen molar-refractivity contribution in [3.63, 3.8) is 0 Å². The Morgan fingerprint density at radius 2 is 1.93 bits per heavy atom. The first-order valence-corrected chi connectivity index (χ1v) is 4.20. The molecule has 1 aromatic rings. The van der Waals surface area contributed by atoms with Crippen molar-refractivity contribution in [1.29, 1.82) is 0 Å². The fourth-order valence-electron chi connectivity index (χ4n) is 0.525. The zero-order valence-electron chi connectivity index (χ0n) is 8.27. The van der Waals surface area contributed by atoms with Crippen molar-refractivity contribution in [2.24, 2.45) is 5.92 Å². The maximum Gasteiger partial charge on any atom is 0.305 e. The first-order valence-electron chi connectivity index (χ1n) is 4.20. The van der Waals surface area contributed by atoms with Gasteiger partial charge in [-0.25, -0.2) is 0 Å². The summed E-state index contributed by atoms with van der Waals surface area (Å²) in [5, 5.41) is 16.7. The highest BCUT2D eigenvalue weighted by atomic mass is 16.4. The molecule has 0 aliphatic carbocycles. The van der Waals surface area contributed by atoms with Crippen LogP contribution in [0.2, 0.25) is 0 Å². The number of phenols is 1. The van der Waals surface area contributed by atoms with Crippen molar-refractivity contribution in [3.8, 4) is 5.75 Å². The molecule has 0 radical (unpaired) electrons. The van der Waals surface area contributed by atoms with Crippen molar-refractivity contribution >= 4 is 11.7 Å². The van der Waals surface area contributed by atoms with Gasteiger partial charge in [-0.15, -0.1) is 0 Å². The zero-order valence-corrected chi connectivity index (χ0v) is 8.27. The van der Waals surface area contributed by atoms with E-state index in [1.54, 1.807) is 32.0 Å². The van der Waals surface area contributed by atoms with Gasteiger partial charge in [0.15, 0.2) is 0 Å². The highest BCUT2D eigenvalue weighted by Gasteiger charge is 1.99. The molecule has 4 N–H and O–H groups in total. The van der Waals surface area contributed by atoms with E-state index >= 15 is 0 Å². The van der Waals surface area contributed by atoms with E-state index in [0.717, 1.165) is 0 Å². The van der Waals surface area contributed by atoms with E-state index in [0.29, 0.717) is 5.69 Å². The van der Waals surface area contributed by atoms with E-state index < -0.39 is 5.97 Å². The van der Waals surface area contributed by atoms with Crippen LogP contribution >= 0.6 is 0 Å². The van der Waals surface area contributed by atoms with Gasteiger partial charge in [-0.1, -0.05) is 19.9 Å². The number of carboxylic acid groups (broad SMARTS) is 1. The minimum Gasteiger partial charge on any atom is -0.508 e. The lowest BCUT2D eigenvalue weighted by atomic mass is 10.2. The van der Waals surface area contributed by atoms with Crippen LogP contribution in [-0.4, -0.2) is 16.2 Å². The molecule has 0 atom stereocenters. The summed E-state index contributed by atoms with van der Waals surface area (Å²) in [6.07, 6.45) is 0. The van der Waals surface area contributed by atoms with E-state index in [1.807, 2.05) is 0 Å². The Kier molecular flexibility index (Phi) is 5.14. The van der Waals surface area contributed by atoms with Crippen LogP contribution in [0.15, 0.2) is 24.3 Å². The zero-order chi connectivity index (χ0) is 11.1. The number of nitrogens with two attached hydrogens (primary N) is 1. The SMILES string of the molecule is CC(C)C(=O)O.Nc1cccc(O)c1. The Morgan fingerprint density at radius 3 is 2.14 bits per heavy atom.